The van der Waals surface area contributed by atoms with Crippen molar-refractivity contribution in [3.05, 3.63) is 54.1 Å². The van der Waals surface area contributed by atoms with Crippen molar-refractivity contribution in [3.8, 4) is 5.75 Å². The summed E-state index contributed by atoms with van der Waals surface area (Å²) in [5, 5.41) is 5.87. The summed E-state index contributed by atoms with van der Waals surface area (Å²) in [7, 11) is 1.55. The van der Waals surface area contributed by atoms with Gasteiger partial charge in [-0.1, -0.05) is 12.1 Å². The number of benzene rings is 2. The van der Waals surface area contributed by atoms with Crippen LogP contribution in [0.5, 0.6) is 5.75 Å². The second-order valence-electron chi connectivity index (χ2n) is 5.00. The average Bonchev–Trinajstić information content (AvgIpc) is 2.55. The summed E-state index contributed by atoms with van der Waals surface area (Å²) >= 11 is 0. The Kier molecular flexibility index (Phi) is 5.19. The van der Waals surface area contributed by atoms with E-state index in [4.69, 9.17) is 10.5 Å². The van der Waals surface area contributed by atoms with E-state index in [0.717, 1.165) is 5.69 Å². The van der Waals surface area contributed by atoms with Gasteiger partial charge < -0.3 is 21.1 Å². The highest BCUT2D eigenvalue weighted by atomic mass is 16.5. The maximum atomic E-state index is 12.3. The van der Waals surface area contributed by atoms with Crippen LogP contribution >= 0.6 is 0 Å². The number of carbonyl (C=O) groups is 2. The van der Waals surface area contributed by atoms with Gasteiger partial charge in [-0.05, 0) is 43.3 Å². The number of anilines is 2. The van der Waals surface area contributed by atoms with E-state index < -0.39 is 11.9 Å². The van der Waals surface area contributed by atoms with E-state index in [1.54, 1.807) is 50.4 Å². The highest BCUT2D eigenvalue weighted by Crippen LogP contribution is 2.23. The van der Waals surface area contributed by atoms with Crippen LogP contribution in [0, 0.1) is 0 Å². The molecule has 4 N–H and O–H groups in total. The van der Waals surface area contributed by atoms with Crippen LogP contribution in [0.3, 0.4) is 0 Å². The molecular weight excluding hydrogens is 294 g/mol. The molecule has 0 aliphatic rings. The first-order valence-electron chi connectivity index (χ1n) is 7.11. The van der Waals surface area contributed by atoms with Crippen molar-refractivity contribution in [2.24, 2.45) is 5.73 Å². The zero-order valence-corrected chi connectivity index (χ0v) is 13.0. The second kappa shape index (κ2) is 7.31. The fourth-order valence-corrected chi connectivity index (χ4v) is 2.04. The molecule has 0 aliphatic heterocycles. The number of nitrogens with two attached hydrogens (primary N) is 1. The largest absolute Gasteiger partial charge is 0.495 e. The van der Waals surface area contributed by atoms with Crippen LogP contribution in [-0.4, -0.2) is 25.0 Å². The van der Waals surface area contributed by atoms with Crippen molar-refractivity contribution in [3.63, 3.8) is 0 Å². The number of nitrogens with one attached hydrogen (secondary N) is 2. The van der Waals surface area contributed by atoms with Crippen LogP contribution in [0.25, 0.3) is 0 Å². The second-order valence-corrected chi connectivity index (χ2v) is 5.00. The van der Waals surface area contributed by atoms with Gasteiger partial charge in [-0.2, -0.15) is 0 Å². The van der Waals surface area contributed by atoms with E-state index in [-0.39, 0.29) is 5.91 Å². The fraction of sp³-hybridized carbons (Fsp3) is 0.176. The van der Waals surface area contributed by atoms with Gasteiger partial charge >= 0.3 is 0 Å². The number of rotatable bonds is 6. The molecule has 0 spiro atoms. The lowest BCUT2D eigenvalue weighted by Gasteiger charge is -2.16. The molecule has 1 atom stereocenters. The van der Waals surface area contributed by atoms with Crippen molar-refractivity contribution < 1.29 is 14.3 Å². The van der Waals surface area contributed by atoms with Crippen LogP contribution in [0.1, 0.15) is 17.3 Å². The van der Waals surface area contributed by atoms with Gasteiger partial charge in [0.05, 0.1) is 12.8 Å². The van der Waals surface area contributed by atoms with Crippen molar-refractivity contribution in [1.82, 2.24) is 0 Å². The number of methoxy groups -OCH3 is 1. The minimum atomic E-state index is -0.487. The van der Waals surface area contributed by atoms with Crippen molar-refractivity contribution in [1.29, 1.82) is 0 Å². The summed E-state index contributed by atoms with van der Waals surface area (Å²) < 4.78 is 5.20. The summed E-state index contributed by atoms with van der Waals surface area (Å²) in [4.78, 5) is 23.3. The Labute approximate surface area is 134 Å². The van der Waals surface area contributed by atoms with Gasteiger partial charge in [0.25, 0.3) is 0 Å². The molecule has 23 heavy (non-hydrogen) atoms. The van der Waals surface area contributed by atoms with E-state index in [2.05, 4.69) is 10.6 Å². The van der Waals surface area contributed by atoms with E-state index in [0.29, 0.717) is 17.0 Å². The van der Waals surface area contributed by atoms with Gasteiger partial charge in [-0.25, -0.2) is 0 Å². The van der Waals surface area contributed by atoms with Crippen molar-refractivity contribution in [2.75, 3.05) is 17.7 Å². The van der Waals surface area contributed by atoms with Crippen LogP contribution in [-0.2, 0) is 4.79 Å². The molecule has 2 rings (SSSR count). The molecule has 0 bridgehead atoms. The van der Waals surface area contributed by atoms with Crippen molar-refractivity contribution >= 4 is 23.2 Å². The highest BCUT2D eigenvalue weighted by molar-refractivity contribution is 5.97. The summed E-state index contributed by atoms with van der Waals surface area (Å²) in [6.07, 6.45) is 0. The zero-order chi connectivity index (χ0) is 16.8. The maximum absolute atomic E-state index is 12.3. The summed E-state index contributed by atoms with van der Waals surface area (Å²) in [5.74, 6) is -0.0918. The standard InChI is InChI=1S/C17H19N3O3/c1-11(19-13-9-7-12(8-10-13)16(18)21)17(22)20-14-5-3-4-6-15(14)23-2/h3-11,19H,1-2H3,(H2,18,21)(H,20,22). The Balaban J connectivity index is 2.01. The number of ether oxygens (including phenoxy) is 1. The van der Waals surface area contributed by atoms with Gasteiger partial charge in [0.2, 0.25) is 11.8 Å². The molecule has 2 aromatic carbocycles. The molecule has 120 valence electrons. The normalized spacial score (nSPS) is 11.4. The molecule has 1 unspecified atom stereocenters. The Hall–Kier alpha value is -3.02. The lowest BCUT2D eigenvalue weighted by molar-refractivity contribution is -0.116. The number of carbonyl (C=O) groups excluding carboxylic acids is 2. The smallest absolute Gasteiger partial charge is 0.248 e. The minimum absolute atomic E-state index is 0.200. The highest BCUT2D eigenvalue weighted by Gasteiger charge is 2.14. The van der Waals surface area contributed by atoms with E-state index in [1.807, 2.05) is 12.1 Å². The van der Waals surface area contributed by atoms with E-state index in [1.165, 1.54) is 0 Å². The van der Waals surface area contributed by atoms with Crippen LogP contribution in [0.2, 0.25) is 0 Å². The molecule has 6 nitrogen and oxygen atoms in total. The lowest BCUT2D eigenvalue weighted by atomic mass is 10.2. The molecular formula is C17H19N3O3. The predicted molar refractivity (Wildman–Crippen MR) is 89.7 cm³/mol. The Morgan fingerprint density at radius 2 is 1.74 bits per heavy atom. The van der Waals surface area contributed by atoms with E-state index >= 15 is 0 Å². The number of hydrogen-bond donors (Lipinski definition) is 3. The SMILES string of the molecule is COc1ccccc1NC(=O)C(C)Nc1ccc(C(N)=O)cc1. The monoisotopic (exact) mass is 313 g/mol. The van der Waals surface area contributed by atoms with E-state index in [9.17, 15) is 9.59 Å². The molecule has 6 heteroatoms. The maximum Gasteiger partial charge on any atom is 0.248 e. The number of primary amides is 1. The third-order valence-corrected chi connectivity index (χ3v) is 3.31. The summed E-state index contributed by atoms with van der Waals surface area (Å²) in [6.45, 7) is 1.74. The quantitative estimate of drug-likeness (QED) is 0.762. The lowest BCUT2D eigenvalue weighted by Crippen LogP contribution is -2.32. The van der Waals surface area contributed by atoms with Gasteiger partial charge in [0.1, 0.15) is 11.8 Å². The Morgan fingerprint density at radius 1 is 1.09 bits per heavy atom. The van der Waals surface area contributed by atoms with Gasteiger partial charge in [0.15, 0.2) is 0 Å². The number of amides is 2. The first-order chi connectivity index (χ1) is 11.0. The van der Waals surface area contributed by atoms with Gasteiger partial charge in [0, 0.05) is 11.3 Å². The molecule has 0 saturated heterocycles. The third kappa shape index (κ3) is 4.23. The molecule has 0 saturated carbocycles. The number of para-hydroxylation sites is 2. The molecule has 0 fully saturated rings. The molecule has 0 aromatic heterocycles. The molecule has 2 amide bonds. The van der Waals surface area contributed by atoms with Crippen molar-refractivity contribution in [2.45, 2.75) is 13.0 Å². The molecule has 0 aliphatic carbocycles. The van der Waals surface area contributed by atoms with Gasteiger partial charge in [-0.3, -0.25) is 9.59 Å². The molecule has 0 radical (unpaired) electrons. The first-order valence-corrected chi connectivity index (χ1v) is 7.11. The minimum Gasteiger partial charge on any atom is -0.495 e. The summed E-state index contributed by atoms with van der Waals surface area (Å²) in [5.41, 5.74) is 6.94. The fourth-order valence-electron chi connectivity index (χ4n) is 2.04. The topological polar surface area (TPSA) is 93.4 Å². The predicted octanol–water partition coefficient (Wildman–Crippen LogP) is 2.23. The number of hydrogen-bond acceptors (Lipinski definition) is 4. The zero-order valence-electron chi connectivity index (χ0n) is 13.0. The Bertz CT molecular complexity index is 698. The first kappa shape index (κ1) is 16.4. The van der Waals surface area contributed by atoms with Crippen LogP contribution < -0.4 is 21.1 Å². The average molecular weight is 313 g/mol. The summed E-state index contributed by atoms with van der Waals surface area (Å²) in [6, 6.07) is 13.3. The Morgan fingerprint density at radius 3 is 2.35 bits per heavy atom. The third-order valence-electron chi connectivity index (χ3n) is 3.31. The molecule has 2 aromatic rings. The van der Waals surface area contributed by atoms with Gasteiger partial charge in [-0.15, -0.1) is 0 Å². The molecule has 0 heterocycles. The van der Waals surface area contributed by atoms with Crippen LogP contribution in [0.15, 0.2) is 48.5 Å². The van der Waals surface area contributed by atoms with Crippen LogP contribution in [0.4, 0.5) is 11.4 Å².